The molecule has 0 bridgehead atoms. The van der Waals surface area contributed by atoms with Crippen LogP contribution in [0.2, 0.25) is 0 Å². The summed E-state index contributed by atoms with van der Waals surface area (Å²) in [7, 11) is -1.34. The van der Waals surface area contributed by atoms with Crippen molar-refractivity contribution < 1.29 is 21.9 Å². The van der Waals surface area contributed by atoms with Crippen molar-refractivity contribution in [2.24, 2.45) is 5.73 Å². The van der Waals surface area contributed by atoms with Gasteiger partial charge in [0.2, 0.25) is 10.0 Å². The predicted octanol–water partition coefficient (Wildman–Crippen LogP) is 1.08. The molecule has 8 heteroatoms. The maximum absolute atomic E-state index is 14.1. The maximum Gasteiger partial charge on any atom is 0.246 e. The third-order valence-corrected chi connectivity index (χ3v) is 5.03. The fourth-order valence-electron chi connectivity index (χ4n) is 1.70. The molecule has 0 aromatic heterocycles. The van der Waals surface area contributed by atoms with Crippen LogP contribution in [0.1, 0.15) is 12.5 Å². The Bertz CT molecular complexity index is 578. The third-order valence-electron chi connectivity index (χ3n) is 3.04. The summed E-state index contributed by atoms with van der Waals surface area (Å²) in [5.74, 6) is -2.01. The summed E-state index contributed by atoms with van der Waals surface area (Å²) in [6, 6.07) is 1.30. The summed E-state index contributed by atoms with van der Waals surface area (Å²) in [5.41, 5.74) is 4.79. The van der Waals surface area contributed by atoms with E-state index in [1.54, 1.807) is 6.92 Å². The molecule has 2 N–H and O–H groups in total. The Morgan fingerprint density at radius 3 is 2.50 bits per heavy atom. The standard InChI is InChI=1S/C12H18F2N2O3S/c1-8(7-19-3)16(2)20(17,18)11-5-4-10(13)9(6-15)12(11)14/h4-5,8H,6-7,15H2,1-3H3. The normalized spacial score (nSPS) is 13.8. The number of ether oxygens (including phenoxy) is 1. The van der Waals surface area contributed by atoms with Gasteiger partial charge in [-0.3, -0.25) is 0 Å². The van der Waals surface area contributed by atoms with Gasteiger partial charge in [-0.1, -0.05) is 0 Å². The Morgan fingerprint density at radius 2 is 2.00 bits per heavy atom. The van der Waals surface area contributed by atoms with Crippen LogP contribution in [0.3, 0.4) is 0 Å². The van der Waals surface area contributed by atoms with Crippen LogP contribution < -0.4 is 5.73 Å². The first-order valence-electron chi connectivity index (χ1n) is 5.91. The smallest absolute Gasteiger partial charge is 0.246 e. The van der Waals surface area contributed by atoms with Crippen LogP contribution in [0.25, 0.3) is 0 Å². The highest BCUT2D eigenvalue weighted by Crippen LogP contribution is 2.24. The minimum Gasteiger partial charge on any atom is -0.383 e. The molecule has 0 amide bonds. The number of hydrogen-bond acceptors (Lipinski definition) is 4. The fraction of sp³-hybridized carbons (Fsp3) is 0.500. The fourth-order valence-corrected chi connectivity index (χ4v) is 3.14. The summed E-state index contributed by atoms with van der Waals surface area (Å²) in [5, 5.41) is 0. The first-order chi connectivity index (χ1) is 9.27. The number of rotatable bonds is 6. The maximum atomic E-state index is 14.1. The number of hydrogen-bond donors (Lipinski definition) is 1. The first-order valence-corrected chi connectivity index (χ1v) is 7.35. The van der Waals surface area contributed by atoms with Gasteiger partial charge in [0.1, 0.15) is 10.7 Å². The lowest BCUT2D eigenvalue weighted by atomic mass is 10.2. The molecule has 0 aliphatic carbocycles. The van der Waals surface area contributed by atoms with E-state index in [-0.39, 0.29) is 6.61 Å². The Balaban J connectivity index is 3.29. The molecule has 1 aromatic carbocycles. The third kappa shape index (κ3) is 3.14. The zero-order chi connectivity index (χ0) is 15.5. The first kappa shape index (κ1) is 17.0. The number of benzene rings is 1. The minimum atomic E-state index is -4.08. The van der Waals surface area contributed by atoms with E-state index in [1.807, 2.05) is 0 Å². The molecule has 0 saturated heterocycles. The molecule has 0 heterocycles. The summed E-state index contributed by atoms with van der Waals surface area (Å²) in [6.45, 7) is 1.35. The molecule has 0 fully saturated rings. The second kappa shape index (κ2) is 6.57. The average Bonchev–Trinajstić information content (AvgIpc) is 2.38. The van der Waals surface area contributed by atoms with E-state index >= 15 is 0 Å². The van der Waals surface area contributed by atoms with Crippen molar-refractivity contribution in [2.75, 3.05) is 20.8 Å². The van der Waals surface area contributed by atoms with Gasteiger partial charge in [-0.15, -0.1) is 0 Å². The van der Waals surface area contributed by atoms with E-state index < -0.39 is 44.7 Å². The molecular weight excluding hydrogens is 290 g/mol. The van der Waals surface area contributed by atoms with Crippen molar-refractivity contribution in [1.82, 2.24) is 4.31 Å². The molecule has 1 unspecified atom stereocenters. The van der Waals surface area contributed by atoms with Crippen molar-refractivity contribution in [3.63, 3.8) is 0 Å². The quantitative estimate of drug-likeness (QED) is 0.853. The topological polar surface area (TPSA) is 72.6 Å². The minimum absolute atomic E-state index is 0.155. The van der Waals surface area contributed by atoms with E-state index in [4.69, 9.17) is 10.5 Å². The number of sulfonamides is 1. The molecule has 1 rings (SSSR count). The van der Waals surface area contributed by atoms with Crippen LogP contribution in [0.4, 0.5) is 8.78 Å². The second-order valence-corrected chi connectivity index (χ2v) is 6.33. The van der Waals surface area contributed by atoms with Crippen LogP contribution in [0.15, 0.2) is 17.0 Å². The zero-order valence-corrected chi connectivity index (χ0v) is 12.4. The SMILES string of the molecule is COCC(C)N(C)S(=O)(=O)c1ccc(F)c(CN)c1F. The van der Waals surface area contributed by atoms with Crippen molar-refractivity contribution in [3.05, 3.63) is 29.3 Å². The zero-order valence-electron chi connectivity index (χ0n) is 11.6. The van der Waals surface area contributed by atoms with Gasteiger partial charge in [0.15, 0.2) is 5.82 Å². The summed E-state index contributed by atoms with van der Waals surface area (Å²) < 4.78 is 57.9. The number of likely N-dealkylation sites (N-methyl/N-ethyl adjacent to an activating group) is 1. The molecule has 1 atom stereocenters. The van der Waals surface area contributed by atoms with Crippen molar-refractivity contribution in [3.8, 4) is 0 Å². The summed E-state index contributed by atoms with van der Waals surface area (Å²) in [4.78, 5) is -0.593. The van der Waals surface area contributed by atoms with Gasteiger partial charge >= 0.3 is 0 Å². The van der Waals surface area contributed by atoms with Gasteiger partial charge in [-0.2, -0.15) is 4.31 Å². The van der Waals surface area contributed by atoms with Crippen molar-refractivity contribution in [1.29, 1.82) is 0 Å². The Labute approximate surface area is 117 Å². The Hall–Kier alpha value is -1.09. The summed E-state index contributed by atoms with van der Waals surface area (Å²) >= 11 is 0. The number of nitrogens with two attached hydrogens (primary N) is 1. The van der Waals surface area contributed by atoms with Gasteiger partial charge in [0.25, 0.3) is 0 Å². The molecule has 114 valence electrons. The molecule has 20 heavy (non-hydrogen) atoms. The highest BCUT2D eigenvalue weighted by Gasteiger charge is 2.29. The van der Waals surface area contributed by atoms with Crippen LogP contribution in [-0.2, 0) is 21.3 Å². The molecule has 0 aliphatic heterocycles. The van der Waals surface area contributed by atoms with E-state index in [2.05, 4.69) is 0 Å². The Kier molecular flexibility index (Phi) is 5.58. The van der Waals surface area contributed by atoms with Gasteiger partial charge in [0, 0.05) is 32.3 Å². The average molecular weight is 308 g/mol. The number of methoxy groups -OCH3 is 1. The van der Waals surface area contributed by atoms with Crippen molar-refractivity contribution in [2.45, 2.75) is 24.4 Å². The van der Waals surface area contributed by atoms with Crippen molar-refractivity contribution >= 4 is 10.0 Å². The summed E-state index contributed by atoms with van der Waals surface area (Å²) in [6.07, 6.45) is 0. The van der Waals surface area contributed by atoms with Crippen LogP contribution in [-0.4, -0.2) is 39.5 Å². The van der Waals surface area contributed by atoms with Gasteiger partial charge in [-0.05, 0) is 19.1 Å². The Morgan fingerprint density at radius 1 is 1.40 bits per heavy atom. The molecule has 5 nitrogen and oxygen atoms in total. The van der Waals surface area contributed by atoms with Gasteiger partial charge < -0.3 is 10.5 Å². The lowest BCUT2D eigenvalue weighted by molar-refractivity contribution is 0.149. The number of nitrogens with zero attached hydrogens (tertiary/aromatic N) is 1. The molecule has 0 saturated carbocycles. The van der Waals surface area contributed by atoms with E-state index in [0.29, 0.717) is 0 Å². The highest BCUT2D eigenvalue weighted by molar-refractivity contribution is 7.89. The lowest BCUT2D eigenvalue weighted by Gasteiger charge is -2.24. The molecule has 1 aromatic rings. The van der Waals surface area contributed by atoms with Gasteiger partial charge in [-0.25, -0.2) is 17.2 Å². The highest BCUT2D eigenvalue weighted by atomic mass is 32.2. The largest absolute Gasteiger partial charge is 0.383 e. The molecule has 0 aliphatic rings. The van der Waals surface area contributed by atoms with Crippen LogP contribution in [0.5, 0.6) is 0 Å². The van der Waals surface area contributed by atoms with Crippen LogP contribution >= 0.6 is 0 Å². The molecular formula is C12H18F2N2O3S. The second-order valence-electron chi connectivity index (χ2n) is 4.37. The molecule has 0 radical (unpaired) electrons. The predicted molar refractivity (Wildman–Crippen MR) is 70.5 cm³/mol. The van der Waals surface area contributed by atoms with E-state index in [0.717, 1.165) is 16.4 Å². The van der Waals surface area contributed by atoms with Gasteiger partial charge in [0.05, 0.1) is 6.61 Å². The van der Waals surface area contributed by atoms with Crippen LogP contribution in [0, 0.1) is 11.6 Å². The molecule has 0 spiro atoms. The van der Waals surface area contributed by atoms with E-state index in [1.165, 1.54) is 14.2 Å². The monoisotopic (exact) mass is 308 g/mol. The van der Waals surface area contributed by atoms with E-state index in [9.17, 15) is 17.2 Å². The number of halogens is 2. The lowest BCUT2D eigenvalue weighted by Crippen LogP contribution is -2.38.